The molecule has 0 aromatic carbocycles. The van der Waals surface area contributed by atoms with Gasteiger partial charge in [0.25, 0.3) is 0 Å². The van der Waals surface area contributed by atoms with E-state index in [4.69, 9.17) is 10.2 Å². The van der Waals surface area contributed by atoms with Gasteiger partial charge in [0, 0.05) is 0 Å². The molecule has 0 rings (SSSR count). The van der Waals surface area contributed by atoms with Crippen LogP contribution in [0, 0.1) is 0 Å². The summed E-state index contributed by atoms with van der Waals surface area (Å²) in [5, 5.41) is 16.8. The summed E-state index contributed by atoms with van der Waals surface area (Å²) in [5.74, 6) is -2.29. The maximum Gasteiger partial charge on any atom is 0.339 e. The molecule has 0 atom stereocenters. The Balaban J connectivity index is 4.50. The molecule has 4 nitrogen and oxygen atoms in total. The molecular formula is C9H12O4. The Hall–Kier alpha value is -1.54. The summed E-state index contributed by atoms with van der Waals surface area (Å²) in [6.07, 6.45) is 2.67. The molecule has 0 spiro atoms. The van der Waals surface area contributed by atoms with Gasteiger partial charge in [-0.15, -0.1) is 5.73 Å². The molecule has 0 aliphatic rings. The van der Waals surface area contributed by atoms with Crippen LogP contribution in [0.25, 0.3) is 0 Å². The van der Waals surface area contributed by atoms with E-state index < -0.39 is 11.9 Å². The highest BCUT2D eigenvalue weighted by molar-refractivity contribution is 5.88. The zero-order valence-electron chi connectivity index (χ0n) is 7.41. The summed E-state index contributed by atoms with van der Waals surface area (Å²) in [6.45, 7) is 1.93. The quantitative estimate of drug-likeness (QED) is 0.500. The number of hydrogen-bond acceptors (Lipinski definition) is 2. The van der Waals surface area contributed by atoms with E-state index in [0.717, 1.165) is 18.9 Å². The zero-order chi connectivity index (χ0) is 10.3. The molecule has 0 saturated carbocycles. The zero-order valence-corrected chi connectivity index (χ0v) is 7.41. The summed E-state index contributed by atoms with van der Waals surface area (Å²) in [7, 11) is 0. The molecule has 0 heterocycles. The third kappa shape index (κ3) is 5.70. The predicted molar refractivity (Wildman–Crippen MR) is 46.4 cm³/mol. The van der Waals surface area contributed by atoms with Gasteiger partial charge in [-0.05, 0) is 12.8 Å². The van der Waals surface area contributed by atoms with Gasteiger partial charge < -0.3 is 10.2 Å². The number of unbranched alkanes of at least 4 members (excludes halogenated alkanes) is 1. The molecule has 0 aromatic heterocycles. The van der Waals surface area contributed by atoms with Crippen LogP contribution in [0.3, 0.4) is 0 Å². The van der Waals surface area contributed by atoms with E-state index in [9.17, 15) is 9.59 Å². The van der Waals surface area contributed by atoms with Crippen molar-refractivity contribution in [2.24, 2.45) is 0 Å². The maximum absolute atomic E-state index is 10.5. The lowest BCUT2D eigenvalue weighted by atomic mass is 10.1. The molecule has 0 radical (unpaired) electrons. The molecule has 0 aliphatic carbocycles. The minimum atomic E-state index is -1.18. The number of hydrogen-bond donors (Lipinski definition) is 2. The average Bonchev–Trinajstić information content (AvgIpc) is 2.03. The van der Waals surface area contributed by atoms with Gasteiger partial charge in [0.15, 0.2) is 0 Å². The van der Waals surface area contributed by atoms with Crippen LogP contribution >= 0.6 is 0 Å². The Morgan fingerprint density at radius 2 is 2.00 bits per heavy atom. The smallest absolute Gasteiger partial charge is 0.339 e. The molecule has 72 valence electrons. The Bertz CT molecular complexity index is 259. The Labute approximate surface area is 76.2 Å². The second-order valence-electron chi connectivity index (χ2n) is 2.51. The molecule has 0 amide bonds. The van der Waals surface area contributed by atoms with E-state index in [1.54, 1.807) is 0 Å². The number of rotatable bonds is 5. The van der Waals surface area contributed by atoms with Gasteiger partial charge in [-0.1, -0.05) is 13.3 Å². The molecule has 4 heteroatoms. The third-order valence-electron chi connectivity index (χ3n) is 1.41. The average molecular weight is 184 g/mol. The van der Waals surface area contributed by atoms with Gasteiger partial charge in [0.05, 0.1) is 11.6 Å². The highest BCUT2D eigenvalue weighted by atomic mass is 16.4. The highest BCUT2D eigenvalue weighted by Crippen LogP contribution is 2.05. The molecule has 0 fully saturated rings. The van der Waals surface area contributed by atoms with E-state index >= 15 is 0 Å². The normalized spacial score (nSPS) is 8.69. The molecule has 0 bridgehead atoms. The number of carboxylic acids is 2. The van der Waals surface area contributed by atoms with Gasteiger partial charge >= 0.3 is 11.9 Å². The minimum absolute atomic E-state index is 0.0178. The minimum Gasteiger partial charge on any atom is -0.478 e. The van der Waals surface area contributed by atoms with Crippen LogP contribution < -0.4 is 0 Å². The number of aliphatic carboxylic acids is 2. The van der Waals surface area contributed by atoms with Crippen LogP contribution in [0.15, 0.2) is 17.4 Å². The van der Waals surface area contributed by atoms with Crippen molar-refractivity contribution in [3.8, 4) is 0 Å². The lowest BCUT2D eigenvalue weighted by molar-refractivity contribution is -0.133. The van der Waals surface area contributed by atoms with Crippen LogP contribution in [0.1, 0.15) is 26.2 Å². The molecule has 13 heavy (non-hydrogen) atoms. The van der Waals surface area contributed by atoms with Crippen LogP contribution in [0.5, 0.6) is 0 Å². The van der Waals surface area contributed by atoms with Crippen molar-refractivity contribution in [3.63, 3.8) is 0 Å². The number of carbonyl (C=O) groups is 2. The summed E-state index contributed by atoms with van der Waals surface area (Å²) >= 11 is 0. The monoisotopic (exact) mass is 184 g/mol. The molecular weight excluding hydrogens is 172 g/mol. The highest BCUT2D eigenvalue weighted by Gasteiger charge is 2.04. The third-order valence-corrected chi connectivity index (χ3v) is 1.41. The van der Waals surface area contributed by atoms with Crippen molar-refractivity contribution in [2.75, 3.05) is 0 Å². The van der Waals surface area contributed by atoms with Crippen molar-refractivity contribution in [1.82, 2.24) is 0 Å². The van der Waals surface area contributed by atoms with Crippen LogP contribution in [-0.4, -0.2) is 22.2 Å². The fourth-order valence-electron chi connectivity index (χ4n) is 0.743. The van der Waals surface area contributed by atoms with Crippen molar-refractivity contribution >= 4 is 11.9 Å². The van der Waals surface area contributed by atoms with Gasteiger partial charge in [0.1, 0.15) is 0 Å². The first-order chi connectivity index (χ1) is 6.07. The fraction of sp³-hybridized carbons (Fsp3) is 0.444. The van der Waals surface area contributed by atoms with Crippen molar-refractivity contribution < 1.29 is 19.8 Å². The Morgan fingerprint density at radius 3 is 2.38 bits per heavy atom. The Kier molecular flexibility index (Phi) is 5.32. The van der Waals surface area contributed by atoms with E-state index in [0.29, 0.717) is 6.42 Å². The van der Waals surface area contributed by atoms with Crippen molar-refractivity contribution in [1.29, 1.82) is 0 Å². The van der Waals surface area contributed by atoms with Gasteiger partial charge in [-0.2, -0.15) is 0 Å². The molecule has 0 aromatic rings. The van der Waals surface area contributed by atoms with Crippen LogP contribution in [-0.2, 0) is 9.59 Å². The predicted octanol–water partition coefficient (Wildman–Crippen LogP) is 1.43. The van der Waals surface area contributed by atoms with Gasteiger partial charge in [-0.25, -0.2) is 9.59 Å². The molecule has 2 N–H and O–H groups in total. The topological polar surface area (TPSA) is 74.6 Å². The largest absolute Gasteiger partial charge is 0.478 e. The van der Waals surface area contributed by atoms with Crippen LogP contribution in [0.4, 0.5) is 0 Å². The SMILES string of the molecule is CCCCC(=C=CC(=O)O)C(=O)O. The first-order valence-electron chi connectivity index (χ1n) is 3.99. The lowest BCUT2D eigenvalue weighted by Crippen LogP contribution is -1.99. The van der Waals surface area contributed by atoms with E-state index in [-0.39, 0.29) is 5.57 Å². The summed E-state index contributed by atoms with van der Waals surface area (Å²) in [5.41, 5.74) is 2.26. The van der Waals surface area contributed by atoms with Gasteiger partial charge in [-0.3, -0.25) is 0 Å². The number of carboxylic acid groups (broad SMARTS) is 2. The second kappa shape index (κ2) is 6.03. The standard InChI is InChI=1S/C9H12O4/c1-2-3-4-7(9(12)13)5-6-8(10)11/h6H,2-4H2,1H3,(H,10,11)(H,12,13). The molecule has 0 saturated heterocycles. The first-order valence-corrected chi connectivity index (χ1v) is 3.99. The molecule has 0 aliphatic heterocycles. The van der Waals surface area contributed by atoms with E-state index in [2.05, 4.69) is 5.73 Å². The summed E-state index contributed by atoms with van der Waals surface area (Å²) in [4.78, 5) is 20.6. The van der Waals surface area contributed by atoms with Crippen LogP contribution in [0.2, 0.25) is 0 Å². The van der Waals surface area contributed by atoms with E-state index in [1.165, 1.54) is 0 Å². The lowest BCUT2D eigenvalue weighted by Gasteiger charge is -1.95. The van der Waals surface area contributed by atoms with Gasteiger partial charge in [0.2, 0.25) is 0 Å². The Morgan fingerprint density at radius 1 is 1.38 bits per heavy atom. The maximum atomic E-state index is 10.5. The summed E-state index contributed by atoms with van der Waals surface area (Å²) in [6, 6.07) is 0. The molecule has 0 unspecified atom stereocenters. The van der Waals surface area contributed by atoms with Crippen molar-refractivity contribution in [2.45, 2.75) is 26.2 Å². The van der Waals surface area contributed by atoms with Crippen molar-refractivity contribution in [3.05, 3.63) is 17.4 Å². The fourth-order valence-corrected chi connectivity index (χ4v) is 0.743. The van der Waals surface area contributed by atoms with E-state index in [1.807, 2.05) is 6.92 Å². The second-order valence-corrected chi connectivity index (χ2v) is 2.51. The first kappa shape index (κ1) is 11.5. The summed E-state index contributed by atoms with van der Waals surface area (Å²) < 4.78 is 0.